The molecule has 2 aromatic rings. The molecule has 6 heteroatoms. The van der Waals surface area contributed by atoms with Crippen LogP contribution in [0.4, 0.5) is 10.1 Å². The highest BCUT2D eigenvalue weighted by Crippen LogP contribution is 2.22. The average molecular weight is 392 g/mol. The largest absolute Gasteiger partial charge is 0.507 e. The van der Waals surface area contributed by atoms with Crippen LogP contribution in [0.5, 0.6) is 5.75 Å². The third kappa shape index (κ3) is 3.57. The van der Waals surface area contributed by atoms with Crippen molar-refractivity contribution in [3.8, 4) is 5.75 Å². The number of aromatic hydroxyl groups is 1. The van der Waals surface area contributed by atoms with E-state index in [1.165, 1.54) is 12.1 Å². The zero-order chi connectivity index (χ0) is 14.0. The minimum Gasteiger partial charge on any atom is -0.507 e. The zero-order valence-corrected chi connectivity index (χ0v) is 12.4. The predicted octanol–water partition coefficient (Wildman–Crippen LogP) is 4.04. The van der Waals surface area contributed by atoms with Crippen LogP contribution >= 0.6 is 34.2 Å². The summed E-state index contributed by atoms with van der Waals surface area (Å²) in [7, 11) is 0. The molecule has 2 rings (SSSR count). The number of phenols is 1. The number of benzene rings is 2. The van der Waals surface area contributed by atoms with Crippen molar-refractivity contribution in [1.82, 2.24) is 0 Å². The molecular weight excluding hydrogens is 384 g/mol. The van der Waals surface area contributed by atoms with Crippen LogP contribution < -0.4 is 5.32 Å². The molecule has 2 aromatic carbocycles. The summed E-state index contributed by atoms with van der Waals surface area (Å²) in [6.07, 6.45) is 0. The van der Waals surface area contributed by atoms with E-state index in [0.717, 1.165) is 12.1 Å². The lowest BCUT2D eigenvalue weighted by molar-refractivity contribution is 0.102. The third-order valence-electron chi connectivity index (χ3n) is 2.33. The first-order valence-electron chi connectivity index (χ1n) is 5.21. The zero-order valence-electron chi connectivity index (χ0n) is 9.45. The van der Waals surface area contributed by atoms with Gasteiger partial charge in [0.25, 0.3) is 5.91 Å². The fraction of sp³-hybridized carbons (Fsp3) is 0. The van der Waals surface area contributed by atoms with Crippen LogP contribution in [0.15, 0.2) is 36.4 Å². The highest BCUT2D eigenvalue weighted by molar-refractivity contribution is 14.1. The maximum atomic E-state index is 13.1. The maximum absolute atomic E-state index is 13.1. The van der Waals surface area contributed by atoms with Gasteiger partial charge in [0.2, 0.25) is 0 Å². The lowest BCUT2D eigenvalue weighted by Crippen LogP contribution is -2.12. The van der Waals surface area contributed by atoms with Crippen LogP contribution in [0, 0.1) is 9.39 Å². The third-order valence-corrected chi connectivity index (χ3v) is 3.46. The van der Waals surface area contributed by atoms with Crippen LogP contribution in [0.25, 0.3) is 0 Å². The minimum atomic E-state index is -0.534. The Morgan fingerprint density at radius 1 is 1.26 bits per heavy atom. The molecular formula is C13H8ClFINO2. The van der Waals surface area contributed by atoms with Gasteiger partial charge < -0.3 is 10.4 Å². The topological polar surface area (TPSA) is 49.3 Å². The molecule has 0 saturated heterocycles. The van der Waals surface area contributed by atoms with Gasteiger partial charge in [0.1, 0.15) is 11.6 Å². The standard InChI is InChI=1S/C13H8ClFINO2/c14-8-4-9(15)6-10(5-8)17-13(19)7-1-2-11(16)12(18)3-7/h1-6,18H,(H,17,19). The van der Waals surface area contributed by atoms with Crippen molar-refractivity contribution in [3.05, 3.63) is 56.4 Å². The van der Waals surface area contributed by atoms with Gasteiger partial charge in [0.05, 0.1) is 3.57 Å². The van der Waals surface area contributed by atoms with Gasteiger partial charge in [-0.05, 0) is 59.0 Å². The molecule has 0 atom stereocenters. The van der Waals surface area contributed by atoms with Gasteiger partial charge in [0, 0.05) is 16.3 Å². The molecule has 0 fully saturated rings. The van der Waals surface area contributed by atoms with Crippen LogP contribution in [0.3, 0.4) is 0 Å². The second-order valence-corrected chi connectivity index (χ2v) is 5.38. The van der Waals surface area contributed by atoms with Crippen LogP contribution in [0.2, 0.25) is 5.02 Å². The molecule has 0 radical (unpaired) electrons. The van der Waals surface area contributed by atoms with Crippen molar-refractivity contribution in [1.29, 1.82) is 0 Å². The monoisotopic (exact) mass is 391 g/mol. The second-order valence-electron chi connectivity index (χ2n) is 3.78. The van der Waals surface area contributed by atoms with Gasteiger partial charge in [-0.25, -0.2) is 4.39 Å². The van der Waals surface area contributed by atoms with E-state index in [1.807, 2.05) is 22.6 Å². The number of phenolic OH excluding ortho intramolecular Hbond substituents is 1. The highest BCUT2D eigenvalue weighted by atomic mass is 127. The average Bonchev–Trinajstić information content (AvgIpc) is 2.31. The second kappa shape index (κ2) is 5.75. The smallest absolute Gasteiger partial charge is 0.255 e. The van der Waals surface area contributed by atoms with Crippen LogP contribution in [-0.2, 0) is 0 Å². The Morgan fingerprint density at radius 3 is 2.63 bits per heavy atom. The van der Waals surface area contributed by atoms with Gasteiger partial charge in [-0.2, -0.15) is 0 Å². The van der Waals surface area contributed by atoms with E-state index >= 15 is 0 Å². The first-order chi connectivity index (χ1) is 8.95. The molecule has 0 bridgehead atoms. The van der Waals surface area contributed by atoms with Crippen molar-refractivity contribution in [2.45, 2.75) is 0 Å². The fourth-order valence-corrected chi connectivity index (χ4v) is 2.04. The van der Waals surface area contributed by atoms with E-state index in [2.05, 4.69) is 5.32 Å². The Hall–Kier alpha value is -1.34. The highest BCUT2D eigenvalue weighted by Gasteiger charge is 2.09. The summed E-state index contributed by atoms with van der Waals surface area (Å²) >= 11 is 7.64. The Balaban J connectivity index is 2.22. The summed E-state index contributed by atoms with van der Waals surface area (Å²) in [4.78, 5) is 11.9. The lowest BCUT2D eigenvalue weighted by Gasteiger charge is -2.07. The lowest BCUT2D eigenvalue weighted by atomic mass is 10.2. The summed E-state index contributed by atoms with van der Waals surface area (Å²) in [5.74, 6) is -0.966. The first kappa shape index (κ1) is 14.1. The molecule has 19 heavy (non-hydrogen) atoms. The molecule has 0 aliphatic heterocycles. The van der Waals surface area contributed by atoms with E-state index in [0.29, 0.717) is 3.57 Å². The number of nitrogens with one attached hydrogen (secondary N) is 1. The number of carbonyl (C=O) groups excluding carboxylic acids is 1. The summed E-state index contributed by atoms with van der Waals surface area (Å²) in [5, 5.41) is 12.2. The molecule has 1 amide bonds. The molecule has 0 saturated carbocycles. The summed E-state index contributed by atoms with van der Waals surface area (Å²) in [5.41, 5.74) is 0.534. The summed E-state index contributed by atoms with van der Waals surface area (Å²) in [6, 6.07) is 8.28. The van der Waals surface area contributed by atoms with Gasteiger partial charge in [-0.3, -0.25) is 4.79 Å². The van der Waals surface area contributed by atoms with Gasteiger partial charge in [-0.1, -0.05) is 11.6 Å². The normalized spacial score (nSPS) is 10.3. The molecule has 0 aliphatic rings. The van der Waals surface area contributed by atoms with E-state index < -0.39 is 11.7 Å². The Bertz CT molecular complexity index is 628. The van der Waals surface area contributed by atoms with E-state index in [4.69, 9.17) is 11.6 Å². The number of hydrogen-bond donors (Lipinski definition) is 2. The number of carbonyl (C=O) groups is 1. The van der Waals surface area contributed by atoms with Crippen molar-refractivity contribution in [3.63, 3.8) is 0 Å². The summed E-state index contributed by atoms with van der Waals surface area (Å²) < 4.78 is 13.8. The molecule has 2 N–H and O–H groups in total. The van der Waals surface area contributed by atoms with Gasteiger partial charge >= 0.3 is 0 Å². The number of rotatable bonds is 2. The Morgan fingerprint density at radius 2 is 2.00 bits per heavy atom. The number of amides is 1. The van der Waals surface area contributed by atoms with Gasteiger partial charge in [-0.15, -0.1) is 0 Å². The first-order valence-corrected chi connectivity index (χ1v) is 6.67. The maximum Gasteiger partial charge on any atom is 0.255 e. The molecule has 0 unspecified atom stereocenters. The van der Waals surface area contributed by atoms with E-state index in [-0.39, 0.29) is 22.0 Å². The van der Waals surface area contributed by atoms with Crippen molar-refractivity contribution in [2.24, 2.45) is 0 Å². The SMILES string of the molecule is O=C(Nc1cc(F)cc(Cl)c1)c1ccc(I)c(O)c1. The Kier molecular flexibility index (Phi) is 4.26. The predicted molar refractivity (Wildman–Crippen MR) is 80.2 cm³/mol. The molecule has 98 valence electrons. The van der Waals surface area contributed by atoms with E-state index in [9.17, 15) is 14.3 Å². The van der Waals surface area contributed by atoms with Crippen molar-refractivity contribution < 1.29 is 14.3 Å². The van der Waals surface area contributed by atoms with Crippen molar-refractivity contribution in [2.75, 3.05) is 5.32 Å². The Labute approximate surface area is 127 Å². The molecule has 0 aliphatic carbocycles. The number of anilines is 1. The number of halogens is 3. The minimum absolute atomic E-state index is 0.0190. The van der Waals surface area contributed by atoms with E-state index in [1.54, 1.807) is 12.1 Å². The van der Waals surface area contributed by atoms with Gasteiger partial charge in [0.15, 0.2) is 0 Å². The number of hydrogen-bond acceptors (Lipinski definition) is 2. The molecule has 0 aromatic heterocycles. The molecule has 0 spiro atoms. The summed E-state index contributed by atoms with van der Waals surface area (Å²) in [6.45, 7) is 0. The van der Waals surface area contributed by atoms with Crippen LogP contribution in [0.1, 0.15) is 10.4 Å². The fourth-order valence-electron chi connectivity index (χ4n) is 1.48. The van der Waals surface area contributed by atoms with Crippen molar-refractivity contribution >= 4 is 45.8 Å². The quantitative estimate of drug-likeness (QED) is 0.759. The van der Waals surface area contributed by atoms with Crippen LogP contribution in [-0.4, -0.2) is 11.0 Å². The molecule has 3 nitrogen and oxygen atoms in total. The molecule has 0 heterocycles.